The second-order valence-electron chi connectivity index (χ2n) is 7.47. The molecule has 0 bridgehead atoms. The van der Waals surface area contributed by atoms with Gasteiger partial charge < -0.3 is 9.30 Å². The predicted octanol–water partition coefficient (Wildman–Crippen LogP) is 6.39. The van der Waals surface area contributed by atoms with Crippen molar-refractivity contribution in [2.75, 3.05) is 0 Å². The molecule has 4 heteroatoms. The molecule has 3 nitrogen and oxygen atoms in total. The fourth-order valence-corrected chi connectivity index (χ4v) is 3.86. The number of hydrogen-bond donors (Lipinski definition) is 0. The van der Waals surface area contributed by atoms with Gasteiger partial charge in [-0.2, -0.15) is 0 Å². The van der Waals surface area contributed by atoms with Gasteiger partial charge in [-0.3, -0.25) is 0 Å². The van der Waals surface area contributed by atoms with Crippen LogP contribution in [0.4, 0.5) is 4.39 Å². The summed E-state index contributed by atoms with van der Waals surface area (Å²) in [6, 6.07) is 29.5. The molecule has 31 heavy (non-hydrogen) atoms. The monoisotopic (exact) mass is 408 g/mol. The van der Waals surface area contributed by atoms with Crippen LogP contribution in [0.2, 0.25) is 0 Å². The molecule has 5 rings (SSSR count). The van der Waals surface area contributed by atoms with Crippen molar-refractivity contribution in [3.05, 3.63) is 132 Å². The van der Waals surface area contributed by atoms with Crippen LogP contribution in [-0.4, -0.2) is 9.55 Å². The Morgan fingerprint density at radius 3 is 2.32 bits per heavy atom. The fraction of sp³-hybridized carbons (Fsp3) is 0.0741. The number of benzene rings is 4. The highest BCUT2D eigenvalue weighted by Crippen LogP contribution is 2.30. The number of ether oxygens (including phenoxy) is 1. The molecule has 0 aliphatic carbocycles. The van der Waals surface area contributed by atoms with Crippen LogP contribution in [0.3, 0.4) is 0 Å². The summed E-state index contributed by atoms with van der Waals surface area (Å²) in [5.74, 6) is 0.450. The Bertz CT molecular complexity index is 1300. The van der Waals surface area contributed by atoms with E-state index in [-0.39, 0.29) is 18.5 Å². The van der Waals surface area contributed by atoms with E-state index in [0.29, 0.717) is 11.3 Å². The van der Waals surface area contributed by atoms with Gasteiger partial charge in [-0.1, -0.05) is 66.7 Å². The highest BCUT2D eigenvalue weighted by Gasteiger charge is 2.16. The van der Waals surface area contributed by atoms with Gasteiger partial charge in [0.05, 0.1) is 12.4 Å². The van der Waals surface area contributed by atoms with Crippen molar-refractivity contribution in [2.24, 2.45) is 0 Å². The second kappa shape index (κ2) is 8.44. The number of halogens is 1. The van der Waals surface area contributed by atoms with Crippen LogP contribution in [-0.2, 0) is 6.61 Å². The van der Waals surface area contributed by atoms with Gasteiger partial charge in [0.2, 0.25) is 0 Å². The zero-order chi connectivity index (χ0) is 21.0. The molecule has 0 saturated carbocycles. The smallest absolute Gasteiger partial charge is 0.129 e. The van der Waals surface area contributed by atoms with Crippen LogP contribution in [0.15, 0.2) is 110 Å². The van der Waals surface area contributed by atoms with Crippen molar-refractivity contribution in [1.29, 1.82) is 0 Å². The van der Waals surface area contributed by atoms with Gasteiger partial charge in [-0.05, 0) is 46.2 Å². The Kier molecular flexibility index (Phi) is 5.19. The third-order valence-corrected chi connectivity index (χ3v) is 5.46. The average Bonchev–Trinajstić information content (AvgIpc) is 3.34. The molecule has 0 spiro atoms. The van der Waals surface area contributed by atoms with Crippen LogP contribution < -0.4 is 4.74 Å². The molecule has 0 aliphatic rings. The summed E-state index contributed by atoms with van der Waals surface area (Å²) in [5, 5.41) is 2.42. The first-order valence-electron chi connectivity index (χ1n) is 10.2. The van der Waals surface area contributed by atoms with E-state index < -0.39 is 0 Å². The lowest BCUT2D eigenvalue weighted by Gasteiger charge is -2.20. The molecule has 0 saturated heterocycles. The summed E-state index contributed by atoms with van der Waals surface area (Å²) < 4.78 is 21.7. The summed E-state index contributed by atoms with van der Waals surface area (Å²) in [6.07, 6.45) is 5.60. The van der Waals surface area contributed by atoms with E-state index in [2.05, 4.69) is 64.1 Å². The molecule has 0 fully saturated rings. The van der Waals surface area contributed by atoms with Crippen LogP contribution in [0.25, 0.3) is 10.8 Å². The van der Waals surface area contributed by atoms with E-state index >= 15 is 0 Å². The van der Waals surface area contributed by atoms with E-state index in [1.807, 2.05) is 30.7 Å². The number of nitrogens with zero attached hydrogens (tertiary/aromatic N) is 2. The molecule has 0 amide bonds. The van der Waals surface area contributed by atoms with E-state index in [4.69, 9.17) is 4.74 Å². The van der Waals surface area contributed by atoms with Crippen LogP contribution >= 0.6 is 0 Å². The summed E-state index contributed by atoms with van der Waals surface area (Å²) in [6.45, 7) is 0.196. The fourth-order valence-electron chi connectivity index (χ4n) is 3.86. The molecule has 0 radical (unpaired) electrons. The van der Waals surface area contributed by atoms with E-state index in [1.165, 1.54) is 22.4 Å². The van der Waals surface area contributed by atoms with Crippen LogP contribution in [0, 0.1) is 5.82 Å². The van der Waals surface area contributed by atoms with Crippen molar-refractivity contribution in [1.82, 2.24) is 9.55 Å². The first kappa shape index (κ1) is 19.1. The third-order valence-electron chi connectivity index (χ3n) is 5.46. The van der Waals surface area contributed by atoms with Crippen molar-refractivity contribution in [3.63, 3.8) is 0 Å². The molecule has 152 valence electrons. The summed E-state index contributed by atoms with van der Waals surface area (Å²) in [5.41, 5.74) is 2.84. The largest absolute Gasteiger partial charge is 0.489 e. The molecule has 0 aliphatic heterocycles. The Labute approximate surface area is 180 Å². The molecular weight excluding hydrogens is 387 g/mol. The first-order valence-corrected chi connectivity index (χ1v) is 10.2. The molecule has 1 unspecified atom stereocenters. The summed E-state index contributed by atoms with van der Waals surface area (Å²) in [7, 11) is 0. The zero-order valence-electron chi connectivity index (χ0n) is 16.9. The van der Waals surface area contributed by atoms with Crippen LogP contribution in [0.1, 0.15) is 22.7 Å². The lowest BCUT2D eigenvalue weighted by atomic mass is 9.96. The average molecular weight is 408 g/mol. The first-order chi connectivity index (χ1) is 15.3. The van der Waals surface area contributed by atoms with Crippen molar-refractivity contribution >= 4 is 10.8 Å². The lowest BCUT2D eigenvalue weighted by Crippen LogP contribution is -2.10. The Balaban J connectivity index is 1.44. The quantitative estimate of drug-likeness (QED) is 0.325. The Hall–Kier alpha value is -3.92. The maximum absolute atomic E-state index is 13.8. The van der Waals surface area contributed by atoms with E-state index in [0.717, 1.165) is 5.56 Å². The number of imidazole rings is 1. The van der Waals surface area contributed by atoms with Gasteiger partial charge in [0.1, 0.15) is 18.2 Å². The van der Waals surface area contributed by atoms with E-state index in [1.54, 1.807) is 18.3 Å². The minimum atomic E-state index is -0.254. The molecular formula is C27H21FN2O. The summed E-state index contributed by atoms with van der Waals surface area (Å²) in [4.78, 5) is 4.25. The lowest BCUT2D eigenvalue weighted by molar-refractivity contribution is 0.299. The number of rotatable bonds is 6. The highest BCUT2D eigenvalue weighted by atomic mass is 19.1. The standard InChI is InChI=1S/C27H21FN2O/c28-26-8-4-3-7-24(26)18-31-25-13-11-21(12-14-25)27(30-16-15-29-19-30)23-10-9-20-5-1-2-6-22(20)17-23/h1-17,19,27H,18H2. The molecule has 1 atom stereocenters. The van der Waals surface area contributed by atoms with Crippen LogP contribution in [0.5, 0.6) is 5.75 Å². The number of hydrogen-bond acceptors (Lipinski definition) is 2. The van der Waals surface area contributed by atoms with Gasteiger partial charge in [-0.15, -0.1) is 0 Å². The molecule has 4 aromatic carbocycles. The SMILES string of the molecule is Fc1ccccc1COc1ccc(C(c2ccc3ccccc3c2)n2ccnc2)cc1. The maximum atomic E-state index is 13.8. The predicted molar refractivity (Wildman–Crippen MR) is 121 cm³/mol. The molecule has 1 aromatic heterocycles. The van der Waals surface area contributed by atoms with Crippen molar-refractivity contribution in [3.8, 4) is 5.75 Å². The highest BCUT2D eigenvalue weighted by molar-refractivity contribution is 5.83. The second-order valence-corrected chi connectivity index (χ2v) is 7.47. The summed E-state index contributed by atoms with van der Waals surface area (Å²) >= 11 is 0. The van der Waals surface area contributed by atoms with Gasteiger partial charge in [0.15, 0.2) is 0 Å². The number of aromatic nitrogens is 2. The normalized spacial score (nSPS) is 12.0. The van der Waals surface area contributed by atoms with Crippen molar-refractivity contribution < 1.29 is 9.13 Å². The van der Waals surface area contributed by atoms with Gasteiger partial charge >= 0.3 is 0 Å². The Morgan fingerprint density at radius 2 is 1.55 bits per heavy atom. The van der Waals surface area contributed by atoms with Gasteiger partial charge in [0, 0.05) is 18.0 Å². The van der Waals surface area contributed by atoms with E-state index in [9.17, 15) is 4.39 Å². The van der Waals surface area contributed by atoms with Crippen molar-refractivity contribution in [2.45, 2.75) is 12.6 Å². The minimum absolute atomic E-state index is 0.00674. The zero-order valence-corrected chi connectivity index (χ0v) is 16.9. The molecule has 5 aromatic rings. The molecule has 1 heterocycles. The maximum Gasteiger partial charge on any atom is 0.129 e. The number of fused-ring (bicyclic) bond motifs is 1. The molecule has 0 N–H and O–H groups in total. The third kappa shape index (κ3) is 4.05. The topological polar surface area (TPSA) is 27.1 Å². The minimum Gasteiger partial charge on any atom is -0.489 e. The van der Waals surface area contributed by atoms with Gasteiger partial charge in [0.25, 0.3) is 0 Å². The Morgan fingerprint density at radius 1 is 0.806 bits per heavy atom. The van der Waals surface area contributed by atoms with Gasteiger partial charge in [-0.25, -0.2) is 9.37 Å².